The van der Waals surface area contributed by atoms with E-state index < -0.39 is 5.92 Å². The molecule has 0 heterocycles. The molecule has 1 N–H and O–H groups in total. The van der Waals surface area contributed by atoms with Crippen molar-refractivity contribution in [2.24, 2.45) is 0 Å². The zero-order chi connectivity index (χ0) is 9.90. The first kappa shape index (κ1) is 10.1. The summed E-state index contributed by atoms with van der Waals surface area (Å²) in [5, 5.41) is 8.60. The van der Waals surface area contributed by atoms with Gasteiger partial charge < -0.3 is 5.11 Å². The van der Waals surface area contributed by atoms with Gasteiger partial charge in [-0.05, 0) is 12.0 Å². The van der Waals surface area contributed by atoms with Gasteiger partial charge in [-0.2, -0.15) is 0 Å². The Bertz CT molecular complexity index is 261. The lowest BCUT2D eigenvalue weighted by atomic mass is 10.1. The van der Waals surface area contributed by atoms with E-state index in [-0.39, 0.29) is 12.2 Å². The molecule has 1 aromatic carbocycles. The van der Waals surface area contributed by atoms with Crippen molar-refractivity contribution in [1.82, 2.24) is 0 Å². The number of aliphatic hydroxyl groups is 1. The largest absolute Gasteiger partial charge is 0.396 e. The van der Waals surface area contributed by atoms with Crippen LogP contribution in [0.3, 0.4) is 0 Å². The Labute approximate surface area is 76.0 Å². The molecule has 0 aliphatic heterocycles. The molecule has 0 aliphatic carbocycles. The summed E-state index contributed by atoms with van der Waals surface area (Å²) in [5.74, 6) is -2.78. The molecule has 1 rings (SSSR count). The van der Waals surface area contributed by atoms with E-state index in [1.165, 1.54) is 12.1 Å². The van der Waals surface area contributed by atoms with E-state index in [1.807, 2.05) is 0 Å². The van der Waals surface area contributed by atoms with Gasteiger partial charge in [-0.25, -0.2) is 8.78 Å². The van der Waals surface area contributed by atoms with Crippen molar-refractivity contribution in [3.63, 3.8) is 0 Å². The second kappa shape index (κ2) is 3.83. The highest BCUT2D eigenvalue weighted by molar-refractivity contribution is 5.25. The molecule has 0 amide bonds. The van der Waals surface area contributed by atoms with Crippen LogP contribution < -0.4 is 0 Å². The molecule has 0 unspecified atom stereocenters. The first-order chi connectivity index (χ1) is 6.04. The van der Waals surface area contributed by atoms with Crippen LogP contribution in [0, 0.1) is 0 Å². The Morgan fingerprint density at radius 1 is 1.23 bits per heavy atom. The number of alkyl halides is 2. The maximum Gasteiger partial charge on any atom is 0.270 e. The van der Waals surface area contributed by atoms with Crippen molar-refractivity contribution in [1.29, 1.82) is 0 Å². The van der Waals surface area contributed by atoms with Gasteiger partial charge in [0.25, 0.3) is 5.92 Å². The van der Waals surface area contributed by atoms with Crippen LogP contribution in [0.2, 0.25) is 0 Å². The van der Waals surface area contributed by atoms with Crippen LogP contribution in [0.5, 0.6) is 0 Å². The van der Waals surface area contributed by atoms with Crippen LogP contribution in [0.4, 0.5) is 8.78 Å². The van der Waals surface area contributed by atoms with Gasteiger partial charge in [0, 0.05) is 19.1 Å². The number of hydrogen-bond acceptors (Lipinski definition) is 1. The molecular weight excluding hydrogens is 174 g/mol. The summed E-state index contributed by atoms with van der Waals surface area (Å²) in [7, 11) is 0. The van der Waals surface area contributed by atoms with Crippen molar-refractivity contribution >= 4 is 0 Å². The van der Waals surface area contributed by atoms with Gasteiger partial charge in [0.2, 0.25) is 0 Å². The third-order valence-electron chi connectivity index (χ3n) is 1.86. The molecule has 0 saturated heterocycles. The van der Waals surface area contributed by atoms with Crippen molar-refractivity contribution < 1.29 is 13.9 Å². The van der Waals surface area contributed by atoms with Crippen molar-refractivity contribution in [3.8, 4) is 0 Å². The highest BCUT2D eigenvalue weighted by atomic mass is 19.3. The number of aliphatic hydroxyl groups excluding tert-OH is 1. The first-order valence-corrected chi connectivity index (χ1v) is 4.12. The molecule has 13 heavy (non-hydrogen) atoms. The van der Waals surface area contributed by atoms with E-state index in [9.17, 15) is 8.78 Å². The minimum atomic E-state index is -2.78. The Kier molecular flexibility index (Phi) is 2.98. The minimum absolute atomic E-state index is 0.00851. The zero-order valence-corrected chi connectivity index (χ0v) is 7.43. The predicted molar refractivity (Wildman–Crippen MR) is 46.8 cm³/mol. The number of benzene rings is 1. The minimum Gasteiger partial charge on any atom is -0.396 e. The first-order valence-electron chi connectivity index (χ1n) is 4.12. The molecule has 3 heteroatoms. The van der Waals surface area contributed by atoms with E-state index in [2.05, 4.69) is 0 Å². The summed E-state index contributed by atoms with van der Waals surface area (Å²) in [6.45, 7) is 0.913. The number of hydrogen-bond donors (Lipinski definition) is 1. The fourth-order valence-electron chi connectivity index (χ4n) is 1.09. The van der Waals surface area contributed by atoms with Crippen LogP contribution >= 0.6 is 0 Å². The molecule has 72 valence electrons. The molecule has 1 nitrogen and oxygen atoms in total. The van der Waals surface area contributed by atoms with Gasteiger partial charge in [0.1, 0.15) is 0 Å². The molecule has 1 aromatic rings. The second-order valence-electron chi connectivity index (χ2n) is 3.06. The van der Waals surface area contributed by atoms with Crippen molar-refractivity contribution in [2.75, 3.05) is 6.61 Å². The Hall–Kier alpha value is -0.960. The molecule has 0 radical (unpaired) electrons. The summed E-state index contributed by atoms with van der Waals surface area (Å²) < 4.78 is 25.4. The average Bonchev–Trinajstić information content (AvgIpc) is 2.04. The normalized spacial score (nSPS) is 11.7. The van der Waals surface area contributed by atoms with Gasteiger partial charge in [0.05, 0.1) is 0 Å². The number of halogens is 2. The van der Waals surface area contributed by atoms with E-state index in [0.29, 0.717) is 6.42 Å². The van der Waals surface area contributed by atoms with E-state index >= 15 is 0 Å². The summed E-state index contributed by atoms with van der Waals surface area (Å²) in [4.78, 5) is 0. The van der Waals surface area contributed by atoms with Gasteiger partial charge in [-0.15, -0.1) is 0 Å². The molecule has 0 bridgehead atoms. The molecule has 0 aliphatic rings. The van der Waals surface area contributed by atoms with E-state index in [0.717, 1.165) is 12.5 Å². The Balaban J connectivity index is 2.81. The summed E-state index contributed by atoms with van der Waals surface area (Å²) in [5.41, 5.74) is 0.879. The lowest BCUT2D eigenvalue weighted by Crippen LogP contribution is -2.06. The summed E-state index contributed by atoms with van der Waals surface area (Å²) in [6, 6.07) is 6.02. The molecular formula is C10H12F2O. The summed E-state index contributed by atoms with van der Waals surface area (Å²) >= 11 is 0. The van der Waals surface area contributed by atoms with Crippen LogP contribution in [0.25, 0.3) is 0 Å². The fourth-order valence-corrected chi connectivity index (χ4v) is 1.09. The van der Waals surface area contributed by atoms with Crippen molar-refractivity contribution in [3.05, 3.63) is 35.4 Å². The fraction of sp³-hybridized carbons (Fsp3) is 0.400. The van der Waals surface area contributed by atoms with E-state index in [4.69, 9.17) is 5.11 Å². The SMILES string of the molecule is CC(F)(F)c1ccc(CCO)cc1. The highest BCUT2D eigenvalue weighted by Crippen LogP contribution is 2.26. The highest BCUT2D eigenvalue weighted by Gasteiger charge is 2.23. The lowest BCUT2D eigenvalue weighted by Gasteiger charge is -2.10. The van der Waals surface area contributed by atoms with E-state index in [1.54, 1.807) is 12.1 Å². The van der Waals surface area contributed by atoms with Gasteiger partial charge in [-0.1, -0.05) is 24.3 Å². The predicted octanol–water partition coefficient (Wildman–Crippen LogP) is 2.33. The van der Waals surface area contributed by atoms with Gasteiger partial charge in [0.15, 0.2) is 0 Å². The second-order valence-corrected chi connectivity index (χ2v) is 3.06. The molecule has 0 fully saturated rings. The topological polar surface area (TPSA) is 20.2 Å². The quantitative estimate of drug-likeness (QED) is 0.768. The van der Waals surface area contributed by atoms with Crippen LogP contribution in [0.15, 0.2) is 24.3 Å². The van der Waals surface area contributed by atoms with Crippen LogP contribution in [-0.4, -0.2) is 11.7 Å². The number of rotatable bonds is 3. The molecule has 0 aromatic heterocycles. The summed E-state index contributed by atoms with van der Waals surface area (Å²) in [6.07, 6.45) is 0.509. The Morgan fingerprint density at radius 2 is 1.77 bits per heavy atom. The molecule has 0 spiro atoms. The maximum absolute atomic E-state index is 12.7. The average molecular weight is 186 g/mol. The Morgan fingerprint density at radius 3 is 2.15 bits per heavy atom. The third kappa shape index (κ3) is 2.77. The zero-order valence-electron chi connectivity index (χ0n) is 7.43. The standard InChI is InChI=1S/C10H12F2O/c1-10(11,12)9-4-2-8(3-5-9)6-7-13/h2-5,13H,6-7H2,1H3. The van der Waals surface area contributed by atoms with Gasteiger partial charge >= 0.3 is 0 Å². The van der Waals surface area contributed by atoms with Gasteiger partial charge in [-0.3, -0.25) is 0 Å². The van der Waals surface area contributed by atoms with Crippen LogP contribution in [-0.2, 0) is 12.3 Å². The van der Waals surface area contributed by atoms with Crippen LogP contribution in [0.1, 0.15) is 18.1 Å². The lowest BCUT2D eigenvalue weighted by molar-refractivity contribution is 0.0174. The van der Waals surface area contributed by atoms with Crippen molar-refractivity contribution in [2.45, 2.75) is 19.3 Å². The molecule has 0 saturated carbocycles. The maximum atomic E-state index is 12.7. The smallest absolute Gasteiger partial charge is 0.270 e. The third-order valence-corrected chi connectivity index (χ3v) is 1.86. The monoisotopic (exact) mass is 186 g/mol. The molecule has 0 atom stereocenters.